The Labute approximate surface area is 128 Å². The number of nitro groups is 1. The van der Waals surface area contributed by atoms with E-state index in [9.17, 15) is 18.5 Å². The number of rotatable bonds is 5. The SMILES string of the molecule is C[C@@H]1CC[C@H](CNc2ccc(S(N)(=O)=O)cc2[N+](=O)[O-])OC1. The van der Waals surface area contributed by atoms with Gasteiger partial charge in [0.1, 0.15) is 5.69 Å². The normalized spacial score (nSPS) is 22.3. The molecule has 0 bridgehead atoms. The number of nitro benzene ring substituents is 1. The van der Waals surface area contributed by atoms with Crippen molar-refractivity contribution < 1.29 is 18.1 Å². The largest absolute Gasteiger partial charge is 0.377 e. The Morgan fingerprint density at radius 3 is 2.73 bits per heavy atom. The number of primary sulfonamides is 1. The molecule has 0 spiro atoms. The topological polar surface area (TPSA) is 125 Å². The molecule has 3 N–H and O–H groups in total. The molecule has 2 atom stereocenters. The van der Waals surface area contributed by atoms with Gasteiger partial charge in [-0.3, -0.25) is 10.1 Å². The van der Waals surface area contributed by atoms with E-state index >= 15 is 0 Å². The minimum absolute atomic E-state index is 0.00581. The van der Waals surface area contributed by atoms with Crippen LogP contribution in [0.1, 0.15) is 19.8 Å². The van der Waals surface area contributed by atoms with Crippen LogP contribution in [-0.4, -0.2) is 32.6 Å². The number of nitrogens with two attached hydrogens (primary N) is 1. The second-order valence-corrected chi connectivity index (χ2v) is 7.06. The van der Waals surface area contributed by atoms with Gasteiger partial charge in [-0.15, -0.1) is 0 Å². The van der Waals surface area contributed by atoms with Crippen molar-refractivity contribution in [3.8, 4) is 0 Å². The third-order valence-electron chi connectivity index (χ3n) is 3.61. The van der Waals surface area contributed by atoms with E-state index in [1.807, 2.05) is 0 Å². The highest BCUT2D eigenvalue weighted by Gasteiger charge is 2.22. The number of hydrogen-bond acceptors (Lipinski definition) is 6. The van der Waals surface area contributed by atoms with Gasteiger partial charge in [-0.1, -0.05) is 6.92 Å². The molecule has 1 fully saturated rings. The van der Waals surface area contributed by atoms with Crippen LogP contribution < -0.4 is 10.5 Å². The third-order valence-corrected chi connectivity index (χ3v) is 4.52. The zero-order valence-electron chi connectivity index (χ0n) is 12.2. The Kier molecular flexibility index (Phi) is 4.99. The highest BCUT2D eigenvalue weighted by Crippen LogP contribution is 2.28. The van der Waals surface area contributed by atoms with Gasteiger partial charge in [0.15, 0.2) is 0 Å². The molecular formula is C13H19N3O5S. The highest BCUT2D eigenvalue weighted by molar-refractivity contribution is 7.89. The minimum Gasteiger partial charge on any atom is -0.377 e. The van der Waals surface area contributed by atoms with E-state index in [1.54, 1.807) is 0 Å². The average molecular weight is 329 g/mol. The summed E-state index contributed by atoms with van der Waals surface area (Å²) in [6, 6.07) is 3.55. The summed E-state index contributed by atoms with van der Waals surface area (Å²) in [7, 11) is -3.97. The van der Waals surface area contributed by atoms with Gasteiger partial charge in [0, 0.05) is 19.2 Å². The molecule has 1 heterocycles. The molecule has 1 saturated heterocycles. The van der Waals surface area contributed by atoms with E-state index in [1.165, 1.54) is 12.1 Å². The summed E-state index contributed by atoms with van der Waals surface area (Å²) in [4.78, 5) is 10.2. The smallest absolute Gasteiger partial charge is 0.293 e. The maximum Gasteiger partial charge on any atom is 0.293 e. The number of nitrogens with one attached hydrogen (secondary N) is 1. The van der Waals surface area contributed by atoms with Gasteiger partial charge >= 0.3 is 0 Å². The third kappa shape index (κ3) is 4.15. The number of anilines is 1. The standard InChI is InChI=1S/C13H19N3O5S/c1-9-2-3-10(21-8-9)7-15-12-5-4-11(22(14,19)20)6-13(12)16(17)18/h4-6,9-10,15H,2-3,7-8H2,1H3,(H2,14,19,20)/t9-,10-/m1/s1. The Hall–Kier alpha value is -1.71. The van der Waals surface area contributed by atoms with Gasteiger partial charge in [-0.2, -0.15) is 0 Å². The van der Waals surface area contributed by atoms with E-state index in [2.05, 4.69) is 12.2 Å². The fourth-order valence-corrected chi connectivity index (χ4v) is 2.84. The first-order valence-electron chi connectivity index (χ1n) is 6.94. The van der Waals surface area contributed by atoms with E-state index in [0.29, 0.717) is 19.1 Å². The van der Waals surface area contributed by atoms with E-state index < -0.39 is 14.9 Å². The molecule has 0 unspecified atom stereocenters. The van der Waals surface area contributed by atoms with Crippen LogP contribution >= 0.6 is 0 Å². The molecule has 1 aliphatic heterocycles. The van der Waals surface area contributed by atoms with Crippen molar-refractivity contribution in [1.82, 2.24) is 0 Å². The molecular weight excluding hydrogens is 310 g/mol. The van der Waals surface area contributed by atoms with E-state index in [4.69, 9.17) is 9.88 Å². The summed E-state index contributed by atoms with van der Waals surface area (Å²) in [6.07, 6.45) is 1.93. The van der Waals surface area contributed by atoms with Crippen molar-refractivity contribution in [3.05, 3.63) is 28.3 Å². The van der Waals surface area contributed by atoms with Crippen LogP contribution in [0, 0.1) is 16.0 Å². The molecule has 0 radical (unpaired) electrons. The second kappa shape index (κ2) is 6.59. The van der Waals surface area contributed by atoms with Gasteiger partial charge in [-0.05, 0) is 30.9 Å². The minimum atomic E-state index is -3.97. The lowest BCUT2D eigenvalue weighted by molar-refractivity contribution is -0.384. The van der Waals surface area contributed by atoms with Gasteiger partial charge in [0.25, 0.3) is 5.69 Å². The summed E-state index contributed by atoms with van der Waals surface area (Å²) in [5.74, 6) is 0.527. The lowest BCUT2D eigenvalue weighted by atomic mass is 10.0. The first-order valence-corrected chi connectivity index (χ1v) is 8.48. The molecule has 8 nitrogen and oxygen atoms in total. The Bertz CT molecular complexity index is 654. The predicted octanol–water partition coefficient (Wildman–Crippen LogP) is 1.47. The molecule has 0 amide bonds. The van der Waals surface area contributed by atoms with Crippen LogP contribution in [0.25, 0.3) is 0 Å². The first-order chi connectivity index (χ1) is 10.3. The van der Waals surface area contributed by atoms with Crippen LogP contribution in [0.2, 0.25) is 0 Å². The van der Waals surface area contributed by atoms with Crippen molar-refractivity contribution in [2.45, 2.75) is 30.8 Å². The van der Waals surface area contributed by atoms with E-state index in [-0.39, 0.29) is 22.4 Å². The lowest BCUT2D eigenvalue weighted by Crippen LogP contribution is -2.30. The fraction of sp³-hybridized carbons (Fsp3) is 0.538. The predicted molar refractivity (Wildman–Crippen MR) is 81.1 cm³/mol. The van der Waals surface area contributed by atoms with Crippen LogP contribution in [0.5, 0.6) is 0 Å². The quantitative estimate of drug-likeness (QED) is 0.622. The Morgan fingerprint density at radius 2 is 2.18 bits per heavy atom. The summed E-state index contributed by atoms with van der Waals surface area (Å²) >= 11 is 0. The molecule has 1 aromatic carbocycles. The number of ether oxygens (including phenoxy) is 1. The van der Waals surface area contributed by atoms with Crippen molar-refractivity contribution in [1.29, 1.82) is 0 Å². The fourth-order valence-electron chi connectivity index (χ4n) is 2.31. The van der Waals surface area contributed by atoms with Crippen LogP contribution in [0.15, 0.2) is 23.1 Å². The first kappa shape index (κ1) is 16.7. The molecule has 0 saturated carbocycles. The Balaban J connectivity index is 2.12. The van der Waals surface area contributed by atoms with Crippen LogP contribution in [0.4, 0.5) is 11.4 Å². The van der Waals surface area contributed by atoms with E-state index in [0.717, 1.165) is 18.9 Å². The molecule has 0 aliphatic carbocycles. The summed E-state index contributed by atoms with van der Waals surface area (Å²) in [5.41, 5.74) is -0.0738. The van der Waals surface area contributed by atoms with Gasteiger partial charge in [0.05, 0.1) is 15.9 Å². The van der Waals surface area contributed by atoms with Gasteiger partial charge < -0.3 is 10.1 Å². The van der Waals surface area contributed by atoms with Gasteiger partial charge in [-0.25, -0.2) is 13.6 Å². The molecule has 22 heavy (non-hydrogen) atoms. The molecule has 122 valence electrons. The van der Waals surface area contributed by atoms with Crippen molar-refractivity contribution >= 4 is 21.4 Å². The number of benzene rings is 1. The molecule has 9 heteroatoms. The summed E-state index contributed by atoms with van der Waals surface area (Å²) < 4.78 is 28.2. The highest BCUT2D eigenvalue weighted by atomic mass is 32.2. The summed E-state index contributed by atoms with van der Waals surface area (Å²) in [5, 5.41) is 19.0. The zero-order chi connectivity index (χ0) is 16.3. The number of nitrogens with zero attached hydrogens (tertiary/aromatic N) is 1. The van der Waals surface area contributed by atoms with Crippen molar-refractivity contribution in [2.75, 3.05) is 18.5 Å². The molecule has 1 aromatic rings. The van der Waals surface area contributed by atoms with Crippen LogP contribution in [0.3, 0.4) is 0 Å². The van der Waals surface area contributed by atoms with Crippen molar-refractivity contribution in [2.24, 2.45) is 11.1 Å². The average Bonchev–Trinajstić information content (AvgIpc) is 2.45. The molecule has 2 rings (SSSR count). The zero-order valence-corrected chi connectivity index (χ0v) is 13.0. The Morgan fingerprint density at radius 1 is 1.45 bits per heavy atom. The van der Waals surface area contributed by atoms with Crippen molar-refractivity contribution in [3.63, 3.8) is 0 Å². The van der Waals surface area contributed by atoms with Gasteiger partial charge in [0.2, 0.25) is 10.0 Å². The maximum absolute atomic E-state index is 11.3. The molecule has 0 aromatic heterocycles. The second-order valence-electron chi connectivity index (χ2n) is 5.50. The maximum atomic E-state index is 11.3. The number of sulfonamides is 1. The molecule has 1 aliphatic rings. The number of hydrogen-bond donors (Lipinski definition) is 2. The monoisotopic (exact) mass is 329 g/mol. The summed E-state index contributed by atoms with van der Waals surface area (Å²) in [6.45, 7) is 3.22. The van der Waals surface area contributed by atoms with Crippen LogP contribution in [-0.2, 0) is 14.8 Å². The lowest BCUT2D eigenvalue weighted by Gasteiger charge is -2.27.